The summed E-state index contributed by atoms with van der Waals surface area (Å²) < 4.78 is 0. The van der Waals surface area contributed by atoms with Gasteiger partial charge in [0.05, 0.1) is 6.10 Å². The van der Waals surface area contributed by atoms with E-state index in [1.807, 2.05) is 13.0 Å². The predicted octanol–water partition coefficient (Wildman–Crippen LogP) is 4.18. The third-order valence-corrected chi connectivity index (χ3v) is 3.72. The summed E-state index contributed by atoms with van der Waals surface area (Å²) in [5, 5.41) is 9.60. The number of hydrogen-bond donors (Lipinski definition) is 1. The molecule has 1 aliphatic rings. The standard InChI is InChI=1S/C15H22O/c1-12(16)14-9-6-10-15(11-14)13-7-4-2-3-5-8-13/h6,9-13,16H,2-5,7-8H2,1H3. The summed E-state index contributed by atoms with van der Waals surface area (Å²) in [5.41, 5.74) is 2.49. The Bertz CT molecular complexity index is 322. The average Bonchev–Trinajstić information content (AvgIpc) is 2.57. The fourth-order valence-corrected chi connectivity index (χ4v) is 2.69. The Morgan fingerprint density at radius 2 is 1.81 bits per heavy atom. The van der Waals surface area contributed by atoms with Crippen molar-refractivity contribution in [2.24, 2.45) is 0 Å². The van der Waals surface area contributed by atoms with E-state index in [2.05, 4.69) is 18.2 Å². The molecule has 1 N–H and O–H groups in total. The van der Waals surface area contributed by atoms with E-state index in [0.717, 1.165) is 11.5 Å². The second-order valence-corrected chi connectivity index (χ2v) is 5.03. The zero-order chi connectivity index (χ0) is 11.4. The van der Waals surface area contributed by atoms with E-state index < -0.39 is 0 Å². The summed E-state index contributed by atoms with van der Waals surface area (Å²) in [4.78, 5) is 0. The van der Waals surface area contributed by atoms with Gasteiger partial charge in [-0.1, -0.05) is 49.9 Å². The van der Waals surface area contributed by atoms with Crippen molar-refractivity contribution in [1.82, 2.24) is 0 Å². The Morgan fingerprint density at radius 1 is 1.12 bits per heavy atom. The van der Waals surface area contributed by atoms with E-state index in [-0.39, 0.29) is 6.10 Å². The molecule has 0 bridgehead atoms. The zero-order valence-electron chi connectivity index (χ0n) is 10.2. The van der Waals surface area contributed by atoms with Crippen LogP contribution in [0.5, 0.6) is 0 Å². The van der Waals surface area contributed by atoms with Crippen LogP contribution in [0, 0.1) is 0 Å². The second-order valence-electron chi connectivity index (χ2n) is 5.03. The van der Waals surface area contributed by atoms with Gasteiger partial charge in [0.25, 0.3) is 0 Å². The van der Waals surface area contributed by atoms with Crippen molar-refractivity contribution in [3.63, 3.8) is 0 Å². The van der Waals surface area contributed by atoms with Gasteiger partial charge in [0.1, 0.15) is 0 Å². The molecule has 0 spiro atoms. The molecule has 0 amide bonds. The molecule has 0 aromatic heterocycles. The summed E-state index contributed by atoms with van der Waals surface area (Å²) in [5.74, 6) is 0.723. The molecule has 16 heavy (non-hydrogen) atoms. The number of aliphatic hydroxyl groups is 1. The first kappa shape index (κ1) is 11.7. The van der Waals surface area contributed by atoms with Gasteiger partial charge < -0.3 is 5.11 Å². The fraction of sp³-hybridized carbons (Fsp3) is 0.600. The summed E-state index contributed by atoms with van der Waals surface area (Å²) in [6.07, 6.45) is 7.82. The second kappa shape index (κ2) is 5.49. The molecule has 1 aromatic carbocycles. The van der Waals surface area contributed by atoms with E-state index in [1.165, 1.54) is 44.1 Å². The third kappa shape index (κ3) is 2.85. The Hall–Kier alpha value is -0.820. The van der Waals surface area contributed by atoms with E-state index in [0.29, 0.717) is 0 Å². The number of hydrogen-bond acceptors (Lipinski definition) is 1. The van der Waals surface area contributed by atoms with Crippen LogP contribution in [0.3, 0.4) is 0 Å². The summed E-state index contributed by atoms with van der Waals surface area (Å²) >= 11 is 0. The van der Waals surface area contributed by atoms with Gasteiger partial charge in [-0.3, -0.25) is 0 Å². The van der Waals surface area contributed by atoms with Crippen LogP contribution in [0.15, 0.2) is 24.3 Å². The van der Waals surface area contributed by atoms with Gasteiger partial charge >= 0.3 is 0 Å². The highest BCUT2D eigenvalue weighted by atomic mass is 16.3. The lowest BCUT2D eigenvalue weighted by Crippen LogP contribution is -1.99. The molecule has 1 heteroatoms. The normalized spacial score (nSPS) is 20.4. The monoisotopic (exact) mass is 218 g/mol. The van der Waals surface area contributed by atoms with Crippen molar-refractivity contribution >= 4 is 0 Å². The van der Waals surface area contributed by atoms with E-state index in [4.69, 9.17) is 0 Å². The van der Waals surface area contributed by atoms with E-state index in [1.54, 1.807) is 0 Å². The van der Waals surface area contributed by atoms with Crippen molar-refractivity contribution < 1.29 is 5.11 Å². The van der Waals surface area contributed by atoms with Crippen LogP contribution in [0.4, 0.5) is 0 Å². The van der Waals surface area contributed by atoms with Crippen LogP contribution >= 0.6 is 0 Å². The molecule has 1 aliphatic carbocycles. The number of aliphatic hydroxyl groups excluding tert-OH is 1. The summed E-state index contributed by atoms with van der Waals surface area (Å²) in [6.45, 7) is 1.84. The average molecular weight is 218 g/mol. The lowest BCUT2D eigenvalue weighted by molar-refractivity contribution is 0.199. The van der Waals surface area contributed by atoms with Crippen molar-refractivity contribution in [3.05, 3.63) is 35.4 Å². The molecule has 1 saturated carbocycles. The van der Waals surface area contributed by atoms with E-state index >= 15 is 0 Å². The van der Waals surface area contributed by atoms with Crippen molar-refractivity contribution in [2.75, 3.05) is 0 Å². The Labute approximate surface area is 98.5 Å². The van der Waals surface area contributed by atoms with Crippen LogP contribution in [0.25, 0.3) is 0 Å². The van der Waals surface area contributed by atoms with Crippen molar-refractivity contribution in [1.29, 1.82) is 0 Å². The van der Waals surface area contributed by atoms with Gasteiger partial charge in [-0.25, -0.2) is 0 Å². The first-order valence-corrected chi connectivity index (χ1v) is 6.55. The van der Waals surface area contributed by atoms with Crippen LogP contribution in [0.1, 0.15) is 68.6 Å². The van der Waals surface area contributed by atoms with Crippen LogP contribution in [-0.4, -0.2) is 5.11 Å². The number of benzene rings is 1. The topological polar surface area (TPSA) is 20.2 Å². The lowest BCUT2D eigenvalue weighted by Gasteiger charge is -2.16. The van der Waals surface area contributed by atoms with Crippen LogP contribution < -0.4 is 0 Å². The highest BCUT2D eigenvalue weighted by molar-refractivity contribution is 5.27. The van der Waals surface area contributed by atoms with Gasteiger partial charge in [-0.2, -0.15) is 0 Å². The molecule has 88 valence electrons. The molecule has 0 aliphatic heterocycles. The first-order valence-electron chi connectivity index (χ1n) is 6.55. The highest BCUT2D eigenvalue weighted by Crippen LogP contribution is 2.32. The fourth-order valence-electron chi connectivity index (χ4n) is 2.69. The Kier molecular flexibility index (Phi) is 4.00. The SMILES string of the molecule is CC(O)c1cccc(C2CCCCCC2)c1. The smallest absolute Gasteiger partial charge is 0.0762 e. The van der Waals surface area contributed by atoms with Crippen molar-refractivity contribution in [2.45, 2.75) is 57.5 Å². The van der Waals surface area contributed by atoms with Gasteiger partial charge in [0.2, 0.25) is 0 Å². The summed E-state index contributed by atoms with van der Waals surface area (Å²) in [6, 6.07) is 8.52. The first-order chi connectivity index (χ1) is 7.77. The molecule has 1 atom stereocenters. The highest BCUT2D eigenvalue weighted by Gasteiger charge is 2.15. The molecular formula is C15H22O. The minimum absolute atomic E-state index is 0.342. The largest absolute Gasteiger partial charge is 0.389 e. The van der Waals surface area contributed by atoms with E-state index in [9.17, 15) is 5.11 Å². The number of rotatable bonds is 2. The molecule has 1 nitrogen and oxygen atoms in total. The maximum absolute atomic E-state index is 9.60. The zero-order valence-corrected chi connectivity index (χ0v) is 10.2. The summed E-state index contributed by atoms with van der Waals surface area (Å²) in [7, 11) is 0. The molecule has 1 fully saturated rings. The third-order valence-electron chi connectivity index (χ3n) is 3.72. The minimum atomic E-state index is -0.342. The van der Waals surface area contributed by atoms with Crippen LogP contribution in [-0.2, 0) is 0 Å². The van der Waals surface area contributed by atoms with Gasteiger partial charge in [-0.15, -0.1) is 0 Å². The maximum Gasteiger partial charge on any atom is 0.0762 e. The molecular weight excluding hydrogens is 196 g/mol. The molecule has 1 aromatic rings. The van der Waals surface area contributed by atoms with Gasteiger partial charge in [0, 0.05) is 0 Å². The molecule has 0 radical (unpaired) electrons. The molecule has 2 rings (SSSR count). The van der Waals surface area contributed by atoms with Gasteiger partial charge in [0.15, 0.2) is 0 Å². The van der Waals surface area contributed by atoms with Crippen molar-refractivity contribution in [3.8, 4) is 0 Å². The van der Waals surface area contributed by atoms with Crippen LogP contribution in [0.2, 0.25) is 0 Å². The molecule has 0 saturated heterocycles. The quantitative estimate of drug-likeness (QED) is 0.738. The predicted molar refractivity (Wildman–Crippen MR) is 67.5 cm³/mol. The molecule has 0 heterocycles. The van der Waals surface area contributed by atoms with Gasteiger partial charge in [-0.05, 0) is 36.8 Å². The lowest BCUT2D eigenvalue weighted by atomic mass is 9.90. The minimum Gasteiger partial charge on any atom is -0.389 e. The molecule has 1 unspecified atom stereocenters. The Morgan fingerprint density at radius 3 is 2.44 bits per heavy atom. The maximum atomic E-state index is 9.60. The Balaban J connectivity index is 2.15.